The van der Waals surface area contributed by atoms with Crippen LogP contribution in [0.15, 0.2) is 28.9 Å². The van der Waals surface area contributed by atoms with Gasteiger partial charge in [0.15, 0.2) is 5.76 Å². The Morgan fingerprint density at radius 2 is 1.80 bits per heavy atom. The maximum atomic E-state index is 11.8. The number of carbonyl (C=O) groups is 1. The number of aromatic nitrogens is 2. The van der Waals surface area contributed by atoms with Crippen molar-refractivity contribution in [3.8, 4) is 0 Å². The minimum absolute atomic E-state index is 0.0626. The van der Waals surface area contributed by atoms with Crippen molar-refractivity contribution in [2.75, 3.05) is 18.4 Å². The lowest BCUT2D eigenvalue weighted by Gasteiger charge is -2.24. The molecule has 6 heteroatoms. The fourth-order valence-electron chi connectivity index (χ4n) is 2.12. The van der Waals surface area contributed by atoms with Gasteiger partial charge in [0, 0.05) is 30.0 Å². The molecule has 2 rings (SSSR count). The van der Waals surface area contributed by atoms with E-state index in [-0.39, 0.29) is 16.7 Å². The van der Waals surface area contributed by atoms with Gasteiger partial charge in [-0.05, 0) is 12.1 Å². The van der Waals surface area contributed by atoms with Gasteiger partial charge in [-0.2, -0.15) is 0 Å². The Balaban J connectivity index is 2.02. The van der Waals surface area contributed by atoms with E-state index >= 15 is 0 Å². The second-order valence-electron chi connectivity index (χ2n) is 8.12. The van der Waals surface area contributed by atoms with Gasteiger partial charge in [-0.15, -0.1) is 0 Å². The van der Waals surface area contributed by atoms with Crippen LogP contribution in [0.3, 0.4) is 0 Å². The highest BCUT2D eigenvalue weighted by Crippen LogP contribution is 2.26. The van der Waals surface area contributed by atoms with E-state index in [2.05, 4.69) is 57.2 Å². The zero-order chi connectivity index (χ0) is 18.7. The molecule has 0 bridgehead atoms. The van der Waals surface area contributed by atoms with Gasteiger partial charge in [-0.25, -0.2) is 9.97 Å². The van der Waals surface area contributed by atoms with Crippen molar-refractivity contribution in [2.45, 2.75) is 52.4 Å². The lowest BCUT2D eigenvalue weighted by atomic mass is 9.90. The molecule has 0 fully saturated rings. The third kappa shape index (κ3) is 5.31. The largest absolute Gasteiger partial charge is 0.459 e. The maximum Gasteiger partial charge on any atom is 0.287 e. The van der Waals surface area contributed by atoms with E-state index < -0.39 is 0 Å². The average Bonchev–Trinajstić information content (AvgIpc) is 3.04. The topological polar surface area (TPSA) is 80.0 Å². The van der Waals surface area contributed by atoms with E-state index in [1.165, 1.54) is 6.26 Å². The molecule has 0 unspecified atom stereocenters. The number of hydrogen-bond acceptors (Lipinski definition) is 5. The van der Waals surface area contributed by atoms with Crippen molar-refractivity contribution in [1.29, 1.82) is 0 Å². The molecule has 25 heavy (non-hydrogen) atoms. The standard InChI is InChI=1S/C19H28N4O2/c1-18(2,3)14-12-15(23-17(22-14)19(4,5)6)20-9-10-21-16(24)13-8-7-11-25-13/h7-8,11-12H,9-10H2,1-6H3,(H,21,24)(H,20,22,23). The summed E-state index contributed by atoms with van der Waals surface area (Å²) in [4.78, 5) is 21.2. The molecule has 0 aromatic carbocycles. The van der Waals surface area contributed by atoms with E-state index in [0.717, 1.165) is 17.3 Å². The fraction of sp³-hybridized carbons (Fsp3) is 0.526. The van der Waals surface area contributed by atoms with E-state index in [4.69, 9.17) is 9.40 Å². The Morgan fingerprint density at radius 1 is 1.08 bits per heavy atom. The highest BCUT2D eigenvalue weighted by atomic mass is 16.3. The highest BCUT2D eigenvalue weighted by Gasteiger charge is 2.23. The monoisotopic (exact) mass is 344 g/mol. The highest BCUT2D eigenvalue weighted by molar-refractivity contribution is 5.91. The van der Waals surface area contributed by atoms with Crippen molar-refractivity contribution in [2.24, 2.45) is 0 Å². The Labute approximate surface area is 149 Å². The van der Waals surface area contributed by atoms with Gasteiger partial charge in [0.2, 0.25) is 0 Å². The second-order valence-corrected chi connectivity index (χ2v) is 8.12. The molecule has 0 atom stereocenters. The molecule has 136 valence electrons. The van der Waals surface area contributed by atoms with Crippen LogP contribution in [0.2, 0.25) is 0 Å². The quantitative estimate of drug-likeness (QED) is 0.812. The number of anilines is 1. The summed E-state index contributed by atoms with van der Waals surface area (Å²) in [6, 6.07) is 5.30. The zero-order valence-electron chi connectivity index (χ0n) is 15.9. The fourth-order valence-corrected chi connectivity index (χ4v) is 2.12. The molecule has 0 saturated carbocycles. The Kier molecular flexibility index (Phi) is 5.50. The Morgan fingerprint density at radius 3 is 2.36 bits per heavy atom. The average molecular weight is 344 g/mol. The number of nitrogens with zero attached hydrogens (tertiary/aromatic N) is 2. The van der Waals surface area contributed by atoms with Crippen LogP contribution in [0.25, 0.3) is 0 Å². The summed E-state index contributed by atoms with van der Waals surface area (Å²) < 4.78 is 5.06. The van der Waals surface area contributed by atoms with Gasteiger partial charge < -0.3 is 15.1 Å². The van der Waals surface area contributed by atoms with Crippen LogP contribution >= 0.6 is 0 Å². The molecule has 0 spiro atoms. The molecule has 2 aromatic heterocycles. The van der Waals surface area contributed by atoms with Gasteiger partial charge in [0.25, 0.3) is 5.91 Å². The number of rotatable bonds is 5. The number of carbonyl (C=O) groups excluding carboxylic acids is 1. The molecule has 2 aromatic rings. The first-order valence-corrected chi connectivity index (χ1v) is 8.53. The maximum absolute atomic E-state index is 11.8. The summed E-state index contributed by atoms with van der Waals surface area (Å²) in [6.45, 7) is 13.7. The summed E-state index contributed by atoms with van der Waals surface area (Å²) in [5.41, 5.74) is 0.799. The van der Waals surface area contributed by atoms with Gasteiger partial charge in [0.05, 0.1) is 12.0 Å². The molecule has 0 aliphatic heterocycles. The van der Waals surface area contributed by atoms with Crippen molar-refractivity contribution in [3.63, 3.8) is 0 Å². The first-order valence-electron chi connectivity index (χ1n) is 8.53. The normalized spacial score (nSPS) is 12.1. The van der Waals surface area contributed by atoms with E-state index in [1.54, 1.807) is 12.1 Å². The molecule has 0 aliphatic rings. The van der Waals surface area contributed by atoms with Gasteiger partial charge in [0.1, 0.15) is 11.6 Å². The molecule has 2 heterocycles. The summed E-state index contributed by atoms with van der Waals surface area (Å²) >= 11 is 0. The third-order valence-electron chi connectivity index (χ3n) is 3.63. The Hall–Kier alpha value is -2.37. The van der Waals surface area contributed by atoms with Crippen LogP contribution < -0.4 is 10.6 Å². The van der Waals surface area contributed by atoms with Crippen LogP contribution in [0.1, 0.15) is 63.6 Å². The van der Waals surface area contributed by atoms with E-state index in [1.807, 2.05) is 6.07 Å². The van der Waals surface area contributed by atoms with Crippen LogP contribution in [-0.2, 0) is 10.8 Å². The first-order chi connectivity index (χ1) is 11.6. The molecule has 1 amide bonds. The molecular formula is C19H28N4O2. The lowest BCUT2D eigenvalue weighted by Crippen LogP contribution is -2.29. The summed E-state index contributed by atoms with van der Waals surface area (Å²) in [5, 5.41) is 6.08. The number of amides is 1. The van der Waals surface area contributed by atoms with E-state index in [0.29, 0.717) is 18.8 Å². The predicted molar refractivity (Wildman–Crippen MR) is 99.0 cm³/mol. The molecule has 0 saturated heterocycles. The number of furan rings is 1. The van der Waals surface area contributed by atoms with Crippen LogP contribution in [-0.4, -0.2) is 29.0 Å². The van der Waals surface area contributed by atoms with Crippen LogP contribution in [0.4, 0.5) is 5.82 Å². The van der Waals surface area contributed by atoms with Crippen molar-refractivity contribution < 1.29 is 9.21 Å². The SMILES string of the molecule is CC(C)(C)c1cc(NCCNC(=O)c2ccco2)nc(C(C)(C)C)n1. The molecular weight excluding hydrogens is 316 g/mol. The molecule has 2 N–H and O–H groups in total. The van der Waals surface area contributed by atoms with Crippen LogP contribution in [0.5, 0.6) is 0 Å². The van der Waals surface area contributed by atoms with Crippen molar-refractivity contribution in [1.82, 2.24) is 15.3 Å². The van der Waals surface area contributed by atoms with Gasteiger partial charge >= 0.3 is 0 Å². The Bertz CT molecular complexity index is 678. The zero-order valence-corrected chi connectivity index (χ0v) is 15.9. The van der Waals surface area contributed by atoms with E-state index in [9.17, 15) is 4.79 Å². The predicted octanol–water partition coefficient (Wildman–Crippen LogP) is 3.51. The van der Waals surface area contributed by atoms with Gasteiger partial charge in [-0.1, -0.05) is 41.5 Å². The molecule has 0 radical (unpaired) electrons. The summed E-state index contributed by atoms with van der Waals surface area (Å²) in [5.74, 6) is 1.67. The van der Waals surface area contributed by atoms with Crippen LogP contribution in [0, 0.1) is 0 Å². The third-order valence-corrected chi connectivity index (χ3v) is 3.63. The first kappa shape index (κ1) is 19.0. The summed E-state index contributed by atoms with van der Waals surface area (Å²) in [6.07, 6.45) is 1.48. The number of nitrogens with one attached hydrogen (secondary N) is 2. The second kappa shape index (κ2) is 7.25. The van der Waals surface area contributed by atoms with Crippen molar-refractivity contribution in [3.05, 3.63) is 41.7 Å². The molecule has 0 aliphatic carbocycles. The summed E-state index contributed by atoms with van der Waals surface area (Å²) in [7, 11) is 0. The smallest absolute Gasteiger partial charge is 0.287 e. The molecule has 6 nitrogen and oxygen atoms in total. The minimum Gasteiger partial charge on any atom is -0.459 e. The van der Waals surface area contributed by atoms with Crippen molar-refractivity contribution >= 4 is 11.7 Å². The number of hydrogen-bond donors (Lipinski definition) is 2. The lowest BCUT2D eigenvalue weighted by molar-refractivity contribution is 0.0927. The van der Waals surface area contributed by atoms with Gasteiger partial charge in [-0.3, -0.25) is 4.79 Å². The minimum atomic E-state index is -0.222.